The van der Waals surface area contributed by atoms with Gasteiger partial charge in [0, 0.05) is 13.1 Å². The molecule has 2 rings (SSSR count). The van der Waals surface area contributed by atoms with Crippen LogP contribution in [-0.4, -0.2) is 24.7 Å². The first-order valence-electron chi connectivity index (χ1n) is 6.19. The molecule has 1 atom stereocenters. The molecule has 0 N–H and O–H groups in total. The first-order chi connectivity index (χ1) is 7.78. The standard InChI is InChI=1S/C14H21NO/c1-3-13-8-9-15(10-13)11-16-14-6-4-12(2)5-7-14/h4-7,13H,3,8-11H2,1-2H3. The molecular formula is C14H21NO. The Hall–Kier alpha value is -1.02. The number of aryl methyl sites for hydroxylation is 1. The van der Waals surface area contributed by atoms with E-state index in [4.69, 9.17) is 4.74 Å². The molecule has 2 nitrogen and oxygen atoms in total. The molecule has 0 bridgehead atoms. The van der Waals surface area contributed by atoms with Gasteiger partial charge in [-0.05, 0) is 31.4 Å². The molecule has 1 aliphatic heterocycles. The van der Waals surface area contributed by atoms with E-state index in [1.54, 1.807) is 0 Å². The van der Waals surface area contributed by atoms with Crippen molar-refractivity contribution in [2.45, 2.75) is 26.7 Å². The summed E-state index contributed by atoms with van der Waals surface area (Å²) in [6, 6.07) is 8.27. The van der Waals surface area contributed by atoms with Crippen molar-refractivity contribution in [1.82, 2.24) is 4.90 Å². The van der Waals surface area contributed by atoms with Gasteiger partial charge in [0.1, 0.15) is 12.5 Å². The van der Waals surface area contributed by atoms with E-state index < -0.39 is 0 Å². The van der Waals surface area contributed by atoms with Crippen molar-refractivity contribution in [2.24, 2.45) is 5.92 Å². The predicted octanol–water partition coefficient (Wildman–Crippen LogP) is 3.06. The van der Waals surface area contributed by atoms with Crippen molar-refractivity contribution in [1.29, 1.82) is 0 Å². The summed E-state index contributed by atoms with van der Waals surface area (Å²) in [7, 11) is 0. The van der Waals surface area contributed by atoms with Gasteiger partial charge in [-0.25, -0.2) is 0 Å². The zero-order chi connectivity index (χ0) is 11.4. The van der Waals surface area contributed by atoms with E-state index >= 15 is 0 Å². The van der Waals surface area contributed by atoms with Gasteiger partial charge in [0.05, 0.1) is 0 Å². The van der Waals surface area contributed by atoms with Crippen LogP contribution < -0.4 is 4.74 Å². The Balaban J connectivity index is 1.77. The molecule has 1 heterocycles. The molecule has 1 saturated heterocycles. The molecule has 0 aromatic heterocycles. The molecule has 0 amide bonds. The molecule has 0 spiro atoms. The largest absolute Gasteiger partial charge is 0.478 e. The number of rotatable bonds is 4. The van der Waals surface area contributed by atoms with Crippen molar-refractivity contribution in [3.8, 4) is 5.75 Å². The second kappa shape index (κ2) is 5.35. The third-order valence-electron chi connectivity index (χ3n) is 3.38. The molecule has 1 fully saturated rings. The summed E-state index contributed by atoms with van der Waals surface area (Å²) in [6.45, 7) is 7.48. The zero-order valence-electron chi connectivity index (χ0n) is 10.3. The van der Waals surface area contributed by atoms with Crippen LogP contribution in [0.1, 0.15) is 25.3 Å². The molecular weight excluding hydrogens is 198 g/mol. The summed E-state index contributed by atoms with van der Waals surface area (Å²) in [5.74, 6) is 1.85. The summed E-state index contributed by atoms with van der Waals surface area (Å²) in [4.78, 5) is 2.40. The minimum Gasteiger partial charge on any atom is -0.478 e. The van der Waals surface area contributed by atoms with Gasteiger partial charge >= 0.3 is 0 Å². The molecule has 0 radical (unpaired) electrons. The Kier molecular flexibility index (Phi) is 3.83. The molecule has 1 aromatic carbocycles. The minimum atomic E-state index is 0.736. The number of likely N-dealkylation sites (tertiary alicyclic amines) is 1. The van der Waals surface area contributed by atoms with E-state index in [0.29, 0.717) is 0 Å². The Morgan fingerprint density at radius 1 is 1.31 bits per heavy atom. The van der Waals surface area contributed by atoms with E-state index in [1.165, 1.54) is 31.5 Å². The van der Waals surface area contributed by atoms with Crippen LogP contribution >= 0.6 is 0 Å². The number of benzene rings is 1. The maximum Gasteiger partial charge on any atom is 0.142 e. The molecule has 88 valence electrons. The normalized spacial score (nSPS) is 21.2. The lowest BCUT2D eigenvalue weighted by atomic mass is 10.1. The average Bonchev–Trinajstić information content (AvgIpc) is 2.76. The summed E-state index contributed by atoms with van der Waals surface area (Å²) < 4.78 is 5.76. The smallest absolute Gasteiger partial charge is 0.142 e. The van der Waals surface area contributed by atoms with Crippen molar-refractivity contribution < 1.29 is 4.74 Å². The Morgan fingerprint density at radius 2 is 2.06 bits per heavy atom. The second-order valence-corrected chi connectivity index (χ2v) is 4.73. The quantitative estimate of drug-likeness (QED) is 0.771. The highest BCUT2D eigenvalue weighted by molar-refractivity contribution is 5.26. The van der Waals surface area contributed by atoms with Gasteiger partial charge in [-0.3, -0.25) is 4.90 Å². The SMILES string of the molecule is CCC1CCN(COc2ccc(C)cc2)C1. The molecule has 1 aromatic rings. The number of hydrogen-bond donors (Lipinski definition) is 0. The van der Waals surface area contributed by atoms with Crippen LogP contribution in [0.2, 0.25) is 0 Å². The molecule has 16 heavy (non-hydrogen) atoms. The highest BCUT2D eigenvalue weighted by Crippen LogP contribution is 2.19. The van der Waals surface area contributed by atoms with Crippen molar-refractivity contribution in [2.75, 3.05) is 19.8 Å². The van der Waals surface area contributed by atoms with Gasteiger partial charge in [-0.1, -0.05) is 31.0 Å². The number of hydrogen-bond acceptors (Lipinski definition) is 2. The monoisotopic (exact) mass is 219 g/mol. The minimum absolute atomic E-state index is 0.736. The van der Waals surface area contributed by atoms with Crippen LogP contribution in [-0.2, 0) is 0 Å². The van der Waals surface area contributed by atoms with E-state index in [9.17, 15) is 0 Å². The van der Waals surface area contributed by atoms with E-state index in [-0.39, 0.29) is 0 Å². The van der Waals surface area contributed by atoms with Gasteiger partial charge in [0.2, 0.25) is 0 Å². The van der Waals surface area contributed by atoms with Crippen molar-refractivity contribution in [3.63, 3.8) is 0 Å². The van der Waals surface area contributed by atoms with Crippen LogP contribution in [0, 0.1) is 12.8 Å². The third-order valence-corrected chi connectivity index (χ3v) is 3.38. The average molecular weight is 219 g/mol. The first kappa shape index (κ1) is 11.5. The second-order valence-electron chi connectivity index (χ2n) is 4.73. The summed E-state index contributed by atoms with van der Waals surface area (Å²) in [5.41, 5.74) is 1.28. The fourth-order valence-electron chi connectivity index (χ4n) is 2.16. The van der Waals surface area contributed by atoms with Crippen LogP contribution in [0.25, 0.3) is 0 Å². The summed E-state index contributed by atoms with van der Waals surface area (Å²) in [6.07, 6.45) is 2.62. The Morgan fingerprint density at radius 3 is 2.69 bits per heavy atom. The molecule has 2 heteroatoms. The van der Waals surface area contributed by atoms with Gasteiger partial charge < -0.3 is 4.74 Å². The van der Waals surface area contributed by atoms with E-state index in [2.05, 4.69) is 30.9 Å². The lowest BCUT2D eigenvalue weighted by molar-refractivity contribution is 0.147. The molecule has 1 aliphatic rings. The van der Waals surface area contributed by atoms with Gasteiger partial charge in [0.25, 0.3) is 0 Å². The van der Waals surface area contributed by atoms with E-state index in [1.807, 2.05) is 12.1 Å². The third kappa shape index (κ3) is 2.99. The topological polar surface area (TPSA) is 12.5 Å². The summed E-state index contributed by atoms with van der Waals surface area (Å²) >= 11 is 0. The van der Waals surface area contributed by atoms with Crippen LogP contribution in [0.5, 0.6) is 5.75 Å². The fraction of sp³-hybridized carbons (Fsp3) is 0.571. The lowest BCUT2D eigenvalue weighted by Crippen LogP contribution is -2.25. The molecule has 0 aliphatic carbocycles. The molecule has 1 unspecified atom stereocenters. The van der Waals surface area contributed by atoms with Gasteiger partial charge in [-0.15, -0.1) is 0 Å². The highest BCUT2D eigenvalue weighted by atomic mass is 16.5. The highest BCUT2D eigenvalue weighted by Gasteiger charge is 2.20. The number of nitrogens with zero attached hydrogens (tertiary/aromatic N) is 1. The van der Waals surface area contributed by atoms with Crippen LogP contribution in [0.4, 0.5) is 0 Å². The fourth-order valence-corrected chi connectivity index (χ4v) is 2.16. The van der Waals surface area contributed by atoms with Crippen LogP contribution in [0.3, 0.4) is 0 Å². The van der Waals surface area contributed by atoms with E-state index in [0.717, 1.165) is 18.4 Å². The zero-order valence-corrected chi connectivity index (χ0v) is 10.3. The van der Waals surface area contributed by atoms with Gasteiger partial charge in [-0.2, -0.15) is 0 Å². The predicted molar refractivity (Wildman–Crippen MR) is 66.6 cm³/mol. The van der Waals surface area contributed by atoms with Crippen LogP contribution in [0.15, 0.2) is 24.3 Å². The van der Waals surface area contributed by atoms with Gasteiger partial charge in [0.15, 0.2) is 0 Å². The van der Waals surface area contributed by atoms with Crippen molar-refractivity contribution >= 4 is 0 Å². The summed E-state index contributed by atoms with van der Waals surface area (Å²) in [5, 5.41) is 0. The lowest BCUT2D eigenvalue weighted by Gasteiger charge is -2.16. The maximum atomic E-state index is 5.76. The molecule has 0 saturated carbocycles. The van der Waals surface area contributed by atoms with Crippen molar-refractivity contribution in [3.05, 3.63) is 29.8 Å². The number of ether oxygens (including phenoxy) is 1. The first-order valence-corrected chi connectivity index (χ1v) is 6.19. The Labute approximate surface area is 98.2 Å². The maximum absolute atomic E-state index is 5.76. The Bertz CT molecular complexity index is 320.